The van der Waals surface area contributed by atoms with E-state index in [1.54, 1.807) is 4.90 Å². The van der Waals surface area contributed by atoms with Crippen LogP contribution >= 0.6 is 0 Å². The lowest BCUT2D eigenvalue weighted by molar-refractivity contribution is -0.155. The Hall–Kier alpha value is -2.19. The highest BCUT2D eigenvalue weighted by Crippen LogP contribution is 2.58. The minimum atomic E-state index is -1.17. The summed E-state index contributed by atoms with van der Waals surface area (Å²) < 4.78 is 6.95. The van der Waals surface area contributed by atoms with Crippen LogP contribution in [0.4, 0.5) is 0 Å². The van der Waals surface area contributed by atoms with Gasteiger partial charge in [0.1, 0.15) is 11.6 Å². The van der Waals surface area contributed by atoms with Gasteiger partial charge in [0, 0.05) is 38.8 Å². The Morgan fingerprint density at radius 3 is 2.33 bits per heavy atom. The molecule has 5 atom stereocenters. The molecule has 0 saturated carbocycles. The molecule has 3 amide bonds. The normalized spacial score (nSPS) is 33.8. The monoisotopic (exact) mass is 501 g/mol. The molecule has 8 nitrogen and oxygen atoms in total. The van der Waals surface area contributed by atoms with Gasteiger partial charge in [-0.15, -0.1) is 0 Å². The van der Waals surface area contributed by atoms with Crippen molar-refractivity contribution < 1.29 is 24.2 Å². The number of likely N-dealkylation sites (tertiary alicyclic amines) is 1. The zero-order valence-corrected chi connectivity index (χ0v) is 22.3. The largest absolute Gasteiger partial charge is 0.396 e. The van der Waals surface area contributed by atoms with Gasteiger partial charge in [0.15, 0.2) is 0 Å². The van der Waals surface area contributed by atoms with E-state index < -0.39 is 29.1 Å². The van der Waals surface area contributed by atoms with Crippen LogP contribution in [0.1, 0.15) is 66.2 Å². The molecular weight excluding hydrogens is 458 g/mol. The number of hydrogen-bond acceptors (Lipinski definition) is 5. The first-order valence-electron chi connectivity index (χ1n) is 13.8. The molecule has 0 bridgehead atoms. The predicted molar refractivity (Wildman–Crippen MR) is 137 cm³/mol. The number of ether oxygens (including phenoxy) is 1. The van der Waals surface area contributed by atoms with Gasteiger partial charge in [-0.05, 0) is 39.5 Å². The maximum Gasteiger partial charge on any atom is 0.249 e. The molecule has 200 valence electrons. The van der Waals surface area contributed by atoms with Crippen LogP contribution < -0.4 is 0 Å². The van der Waals surface area contributed by atoms with Gasteiger partial charge in [-0.2, -0.15) is 0 Å². The summed E-state index contributed by atoms with van der Waals surface area (Å²) in [5, 5.41) is 9.11. The van der Waals surface area contributed by atoms with Crippen molar-refractivity contribution in [2.24, 2.45) is 11.8 Å². The third kappa shape index (κ3) is 4.20. The molecule has 4 rings (SSSR count). The Labute approximate surface area is 215 Å². The predicted octanol–water partition coefficient (Wildman–Crippen LogP) is 2.52. The van der Waals surface area contributed by atoms with Crippen molar-refractivity contribution in [1.82, 2.24) is 14.7 Å². The van der Waals surface area contributed by atoms with E-state index in [1.807, 2.05) is 61.8 Å². The topological polar surface area (TPSA) is 90.4 Å². The molecule has 0 radical (unpaired) electrons. The average molecular weight is 502 g/mol. The van der Waals surface area contributed by atoms with Crippen molar-refractivity contribution in [3.63, 3.8) is 0 Å². The number of nitrogens with zero attached hydrogens (tertiary/aromatic N) is 3. The molecule has 8 heteroatoms. The summed E-state index contributed by atoms with van der Waals surface area (Å²) in [7, 11) is 0. The molecule has 0 aromatic carbocycles. The second kappa shape index (κ2) is 10.7. The number of aliphatic hydroxyl groups is 1. The number of unbranched alkanes of at least 4 members (excludes halogenated alkanes) is 3. The lowest BCUT2D eigenvalue weighted by Gasteiger charge is -2.39. The quantitative estimate of drug-likeness (QED) is 0.367. The molecular formula is C28H43N3O5. The molecule has 0 aromatic heterocycles. The van der Waals surface area contributed by atoms with E-state index in [4.69, 9.17) is 9.84 Å². The Bertz CT molecular complexity index is 917. The minimum absolute atomic E-state index is 0.0218. The van der Waals surface area contributed by atoms with Crippen LogP contribution in [0, 0.1) is 11.8 Å². The molecule has 1 spiro atoms. The number of carbonyl (C=O) groups excluding carboxylic acids is 3. The van der Waals surface area contributed by atoms with E-state index in [0.29, 0.717) is 32.6 Å². The summed E-state index contributed by atoms with van der Waals surface area (Å²) in [6.07, 6.45) is 12.5. The standard InChI is InChI=1S/C28H43N3O5/c1-5-15-29-16-11-13-27(6-2)21(24(29)33)22-25(34)31(17-9-7-8-10-19-32)23-26(35)30(20(3)4)18-12-14-28(22,23)36-27/h11-14,20-23,32H,5-10,15-19H2,1-4H3/t21-,22+,23?,27+,28+/m1/s1. The summed E-state index contributed by atoms with van der Waals surface area (Å²) in [6, 6.07) is -0.809. The molecule has 4 heterocycles. The molecule has 2 saturated heterocycles. The lowest BCUT2D eigenvalue weighted by atomic mass is 9.73. The fourth-order valence-electron chi connectivity index (χ4n) is 6.75. The highest BCUT2D eigenvalue weighted by atomic mass is 16.5. The Morgan fingerprint density at radius 2 is 1.67 bits per heavy atom. The van der Waals surface area contributed by atoms with E-state index >= 15 is 0 Å². The van der Waals surface area contributed by atoms with E-state index in [-0.39, 0.29) is 30.4 Å². The van der Waals surface area contributed by atoms with Crippen LogP contribution in [0.2, 0.25) is 0 Å². The molecule has 4 aliphatic rings. The van der Waals surface area contributed by atoms with Crippen LogP contribution in [0.3, 0.4) is 0 Å². The van der Waals surface area contributed by atoms with Crippen LogP contribution in [0.15, 0.2) is 24.3 Å². The van der Waals surface area contributed by atoms with Gasteiger partial charge in [-0.3, -0.25) is 14.4 Å². The number of fused-ring (bicyclic) bond motifs is 2. The number of carbonyl (C=O) groups is 3. The maximum atomic E-state index is 14.2. The zero-order valence-electron chi connectivity index (χ0n) is 22.3. The van der Waals surface area contributed by atoms with Gasteiger partial charge < -0.3 is 24.5 Å². The summed E-state index contributed by atoms with van der Waals surface area (Å²) in [6.45, 7) is 10.2. The number of aliphatic hydroxyl groups excluding tert-OH is 1. The number of hydrogen-bond donors (Lipinski definition) is 1. The van der Waals surface area contributed by atoms with Crippen LogP contribution in [0.5, 0.6) is 0 Å². The van der Waals surface area contributed by atoms with E-state index in [9.17, 15) is 14.4 Å². The van der Waals surface area contributed by atoms with E-state index in [0.717, 1.165) is 32.1 Å². The number of amides is 3. The highest BCUT2D eigenvalue weighted by Gasteiger charge is 2.75. The molecule has 36 heavy (non-hydrogen) atoms. The average Bonchev–Trinajstić information content (AvgIpc) is 3.13. The number of rotatable bonds is 10. The third-order valence-corrected chi connectivity index (χ3v) is 8.48. The molecule has 1 unspecified atom stereocenters. The fraction of sp³-hybridized carbons (Fsp3) is 0.750. The zero-order chi connectivity index (χ0) is 26.1. The molecule has 2 fully saturated rings. The van der Waals surface area contributed by atoms with Crippen LogP contribution in [-0.4, -0.2) is 93.6 Å². The summed E-state index contributed by atoms with van der Waals surface area (Å²) in [5.41, 5.74) is -2.08. The van der Waals surface area contributed by atoms with Gasteiger partial charge in [0.25, 0.3) is 0 Å². The minimum Gasteiger partial charge on any atom is -0.396 e. The SMILES string of the molecule is CCCN1CC=C[C@]2(CC)O[C@]34C=CCN(C(C)C)C(=O)C3N(CCCCCCO)C(=O)[C@@H]4[C@@H]2C1=O. The van der Waals surface area contributed by atoms with Gasteiger partial charge >= 0.3 is 0 Å². The first kappa shape index (κ1) is 26.9. The van der Waals surface area contributed by atoms with Crippen molar-refractivity contribution in [1.29, 1.82) is 0 Å². The smallest absolute Gasteiger partial charge is 0.249 e. The van der Waals surface area contributed by atoms with Gasteiger partial charge in [-0.25, -0.2) is 0 Å². The van der Waals surface area contributed by atoms with Gasteiger partial charge in [0.2, 0.25) is 17.7 Å². The van der Waals surface area contributed by atoms with E-state index in [1.165, 1.54) is 0 Å². The second-order valence-electron chi connectivity index (χ2n) is 11.0. The van der Waals surface area contributed by atoms with Crippen molar-refractivity contribution in [2.45, 2.75) is 89.5 Å². The summed E-state index contributed by atoms with van der Waals surface area (Å²) in [4.78, 5) is 47.7. The lowest BCUT2D eigenvalue weighted by Crippen LogP contribution is -2.57. The first-order valence-corrected chi connectivity index (χ1v) is 13.8. The fourth-order valence-corrected chi connectivity index (χ4v) is 6.75. The van der Waals surface area contributed by atoms with Crippen molar-refractivity contribution in [3.05, 3.63) is 24.3 Å². The van der Waals surface area contributed by atoms with Crippen molar-refractivity contribution in [2.75, 3.05) is 32.8 Å². The van der Waals surface area contributed by atoms with Crippen LogP contribution in [-0.2, 0) is 19.1 Å². The summed E-state index contributed by atoms with van der Waals surface area (Å²) >= 11 is 0. The Kier molecular flexibility index (Phi) is 7.95. The van der Waals surface area contributed by atoms with E-state index in [2.05, 4.69) is 0 Å². The van der Waals surface area contributed by atoms with Crippen molar-refractivity contribution in [3.8, 4) is 0 Å². The summed E-state index contributed by atoms with van der Waals surface area (Å²) in [5.74, 6) is -1.70. The Balaban J connectivity index is 1.78. The molecule has 0 aliphatic carbocycles. The van der Waals surface area contributed by atoms with Gasteiger partial charge in [-0.1, -0.05) is 51.0 Å². The maximum absolute atomic E-state index is 14.2. The van der Waals surface area contributed by atoms with Crippen LogP contribution in [0.25, 0.3) is 0 Å². The third-order valence-electron chi connectivity index (χ3n) is 8.48. The highest BCUT2D eigenvalue weighted by molar-refractivity contribution is 6.00. The Morgan fingerprint density at radius 1 is 0.944 bits per heavy atom. The molecule has 0 aromatic rings. The molecule has 4 aliphatic heterocycles. The first-order chi connectivity index (χ1) is 17.3. The molecule has 1 N–H and O–H groups in total. The van der Waals surface area contributed by atoms with Crippen molar-refractivity contribution >= 4 is 17.7 Å². The second-order valence-corrected chi connectivity index (χ2v) is 11.0. The van der Waals surface area contributed by atoms with Gasteiger partial charge in [0.05, 0.1) is 17.4 Å².